The molecular weight excluding hydrogens is 376 g/mol. The van der Waals surface area contributed by atoms with Gasteiger partial charge in [-0.25, -0.2) is 0 Å². The van der Waals surface area contributed by atoms with Gasteiger partial charge in [-0.1, -0.05) is 57.5 Å². The molecule has 4 nitrogen and oxygen atoms in total. The maximum absolute atomic E-state index is 12.3. The van der Waals surface area contributed by atoms with E-state index < -0.39 is 10.8 Å². The normalized spacial score (nSPS) is 12.3. The maximum Gasteiger partial charge on any atom is 0.239 e. The van der Waals surface area contributed by atoms with Crippen molar-refractivity contribution < 1.29 is 8.73 Å². The van der Waals surface area contributed by atoms with Crippen LogP contribution in [0.5, 0.6) is 0 Å². The van der Waals surface area contributed by atoms with E-state index in [2.05, 4.69) is 26.1 Å². The van der Waals surface area contributed by atoms with E-state index in [4.69, 9.17) is 4.52 Å². The molecule has 0 radical (unpaired) electrons. The molecule has 6 heteroatoms. The van der Waals surface area contributed by atoms with E-state index in [1.54, 1.807) is 0 Å². The van der Waals surface area contributed by atoms with Gasteiger partial charge < -0.3 is 4.52 Å². The molecule has 0 spiro atoms. The third-order valence-electron chi connectivity index (χ3n) is 3.38. The summed E-state index contributed by atoms with van der Waals surface area (Å²) in [6.45, 7) is 2.00. The van der Waals surface area contributed by atoms with Crippen molar-refractivity contribution in [3.8, 4) is 11.4 Å². The fourth-order valence-corrected chi connectivity index (χ4v) is 3.53. The van der Waals surface area contributed by atoms with Gasteiger partial charge in [-0.2, -0.15) is 4.98 Å². The summed E-state index contributed by atoms with van der Waals surface area (Å²) in [6, 6.07) is 15.6. The number of rotatable bonds is 5. The number of halogens is 1. The minimum Gasteiger partial charge on any atom is -0.338 e. The van der Waals surface area contributed by atoms with E-state index in [0.717, 1.165) is 21.2 Å². The monoisotopic (exact) mass is 390 g/mol. The van der Waals surface area contributed by atoms with Gasteiger partial charge in [0.2, 0.25) is 11.7 Å². The highest BCUT2D eigenvalue weighted by Gasteiger charge is 2.13. The highest BCUT2D eigenvalue weighted by Crippen LogP contribution is 2.20. The zero-order valence-corrected chi connectivity index (χ0v) is 14.9. The summed E-state index contributed by atoms with van der Waals surface area (Å²) in [5, 5.41) is 3.99. The Balaban J connectivity index is 1.68. The number of aryl methyl sites for hydroxylation is 1. The fraction of sp³-hybridized carbons (Fsp3) is 0.176. The second kappa shape index (κ2) is 7.19. The summed E-state index contributed by atoms with van der Waals surface area (Å²) in [4.78, 5) is 4.36. The van der Waals surface area contributed by atoms with Crippen molar-refractivity contribution in [3.63, 3.8) is 0 Å². The Hall–Kier alpha value is -1.79. The van der Waals surface area contributed by atoms with Crippen LogP contribution in [0.2, 0.25) is 0 Å². The summed E-state index contributed by atoms with van der Waals surface area (Å²) < 4.78 is 18.5. The number of hydrogen-bond donors (Lipinski definition) is 0. The van der Waals surface area contributed by atoms with Crippen LogP contribution in [-0.2, 0) is 22.3 Å². The van der Waals surface area contributed by atoms with Crippen molar-refractivity contribution in [2.45, 2.75) is 18.4 Å². The van der Waals surface area contributed by atoms with Crippen LogP contribution in [-0.4, -0.2) is 14.3 Å². The lowest BCUT2D eigenvalue weighted by atomic mass is 10.1. The molecule has 0 fully saturated rings. The van der Waals surface area contributed by atoms with E-state index in [1.807, 2.05) is 55.5 Å². The van der Waals surface area contributed by atoms with Crippen LogP contribution < -0.4 is 0 Å². The molecule has 0 unspecified atom stereocenters. The second-order valence-electron chi connectivity index (χ2n) is 5.18. The maximum atomic E-state index is 12.3. The Labute approximate surface area is 145 Å². The van der Waals surface area contributed by atoms with Gasteiger partial charge in [-0.3, -0.25) is 4.21 Å². The van der Waals surface area contributed by atoms with Gasteiger partial charge in [0, 0.05) is 26.6 Å². The van der Waals surface area contributed by atoms with Gasteiger partial charge in [0.1, 0.15) is 5.75 Å². The molecule has 0 saturated carbocycles. The van der Waals surface area contributed by atoms with Crippen LogP contribution in [0.15, 0.2) is 57.5 Å². The minimum atomic E-state index is -1.09. The molecule has 0 aliphatic heterocycles. The first-order valence-corrected chi connectivity index (χ1v) is 9.38. The van der Waals surface area contributed by atoms with Crippen molar-refractivity contribution in [2.75, 3.05) is 0 Å². The minimum absolute atomic E-state index is 0.259. The average Bonchev–Trinajstić information content (AvgIpc) is 2.98. The van der Waals surface area contributed by atoms with Crippen molar-refractivity contribution in [1.29, 1.82) is 0 Å². The Bertz CT molecular complexity index is 831. The van der Waals surface area contributed by atoms with Crippen LogP contribution in [0, 0.1) is 6.92 Å². The van der Waals surface area contributed by atoms with Crippen LogP contribution in [0.1, 0.15) is 17.0 Å². The molecule has 23 heavy (non-hydrogen) atoms. The van der Waals surface area contributed by atoms with Crippen molar-refractivity contribution in [2.24, 2.45) is 0 Å². The third kappa shape index (κ3) is 4.14. The van der Waals surface area contributed by atoms with Crippen LogP contribution >= 0.6 is 15.9 Å². The highest BCUT2D eigenvalue weighted by atomic mass is 79.9. The highest BCUT2D eigenvalue weighted by molar-refractivity contribution is 9.10. The lowest BCUT2D eigenvalue weighted by Crippen LogP contribution is -1.99. The molecule has 2 aromatic carbocycles. The number of hydrogen-bond acceptors (Lipinski definition) is 4. The largest absolute Gasteiger partial charge is 0.338 e. The zero-order valence-electron chi connectivity index (χ0n) is 12.5. The van der Waals surface area contributed by atoms with Gasteiger partial charge in [0.15, 0.2) is 0 Å². The van der Waals surface area contributed by atoms with Gasteiger partial charge in [-0.15, -0.1) is 0 Å². The Kier molecular flexibility index (Phi) is 5.03. The van der Waals surface area contributed by atoms with Crippen LogP contribution in [0.4, 0.5) is 0 Å². The smallest absolute Gasteiger partial charge is 0.239 e. The summed E-state index contributed by atoms with van der Waals surface area (Å²) in [6.07, 6.45) is 0. The molecule has 1 atom stereocenters. The molecule has 0 N–H and O–H groups in total. The molecule has 3 aromatic rings. The second-order valence-corrected chi connectivity index (χ2v) is 7.55. The predicted octanol–water partition coefficient (Wildman–Crippen LogP) is 4.26. The predicted molar refractivity (Wildman–Crippen MR) is 94.2 cm³/mol. The van der Waals surface area contributed by atoms with Crippen LogP contribution in [0.3, 0.4) is 0 Å². The van der Waals surface area contributed by atoms with Gasteiger partial charge >= 0.3 is 0 Å². The summed E-state index contributed by atoms with van der Waals surface area (Å²) in [5.41, 5.74) is 3.03. The molecule has 118 valence electrons. The molecule has 0 saturated heterocycles. The molecule has 1 aromatic heterocycles. The van der Waals surface area contributed by atoms with Gasteiger partial charge in [0.05, 0.1) is 0 Å². The van der Waals surface area contributed by atoms with Crippen molar-refractivity contribution in [3.05, 3.63) is 70.0 Å². The fourth-order valence-electron chi connectivity index (χ4n) is 2.20. The lowest BCUT2D eigenvalue weighted by molar-refractivity contribution is 0.390. The number of nitrogens with zero attached hydrogens (tertiary/aromatic N) is 2. The van der Waals surface area contributed by atoms with E-state index in [0.29, 0.717) is 17.5 Å². The molecule has 0 bridgehead atoms. The topological polar surface area (TPSA) is 56.0 Å². The molecular formula is C17H15BrN2O2S. The van der Waals surface area contributed by atoms with Crippen molar-refractivity contribution in [1.82, 2.24) is 10.1 Å². The molecule has 3 rings (SSSR count). The first-order valence-electron chi connectivity index (χ1n) is 7.10. The SMILES string of the molecule is Cc1ccccc1-c1noc(C[S@@](=O)Cc2ccc(Br)cc2)n1. The van der Waals surface area contributed by atoms with E-state index in [9.17, 15) is 4.21 Å². The van der Waals surface area contributed by atoms with Gasteiger partial charge in [-0.05, 0) is 30.2 Å². The molecule has 0 aliphatic rings. The molecule has 0 amide bonds. The Morgan fingerprint density at radius 3 is 2.57 bits per heavy atom. The average molecular weight is 391 g/mol. The summed E-state index contributed by atoms with van der Waals surface area (Å²) in [7, 11) is -1.09. The Morgan fingerprint density at radius 1 is 1.09 bits per heavy atom. The first-order chi connectivity index (χ1) is 11.1. The van der Waals surface area contributed by atoms with Crippen LogP contribution in [0.25, 0.3) is 11.4 Å². The number of aromatic nitrogens is 2. The zero-order chi connectivity index (χ0) is 16.2. The van der Waals surface area contributed by atoms with E-state index in [-0.39, 0.29) is 5.75 Å². The summed E-state index contributed by atoms with van der Waals surface area (Å²) in [5.74, 6) is 1.67. The third-order valence-corrected chi connectivity index (χ3v) is 5.13. The quantitative estimate of drug-likeness (QED) is 0.652. The molecule has 1 heterocycles. The van der Waals surface area contributed by atoms with Crippen molar-refractivity contribution >= 4 is 26.7 Å². The Morgan fingerprint density at radius 2 is 1.83 bits per heavy atom. The summed E-state index contributed by atoms with van der Waals surface area (Å²) >= 11 is 3.39. The van der Waals surface area contributed by atoms with Gasteiger partial charge in [0.25, 0.3) is 0 Å². The first kappa shape index (κ1) is 16.1. The standard InChI is InChI=1S/C17H15BrN2O2S/c1-12-4-2-3-5-15(12)17-19-16(22-20-17)11-23(21)10-13-6-8-14(18)9-7-13/h2-9H,10-11H2,1H3/t23-/m0/s1. The van der Waals surface area contributed by atoms with E-state index >= 15 is 0 Å². The van der Waals surface area contributed by atoms with E-state index in [1.165, 1.54) is 0 Å². The lowest BCUT2D eigenvalue weighted by Gasteiger charge is -2.00. The number of benzene rings is 2. The molecule has 0 aliphatic carbocycles.